The van der Waals surface area contributed by atoms with E-state index in [4.69, 9.17) is 0 Å². The summed E-state index contributed by atoms with van der Waals surface area (Å²) >= 11 is 0. The maximum absolute atomic E-state index is 14.4. The summed E-state index contributed by atoms with van der Waals surface area (Å²) in [6.07, 6.45) is 4.37. The lowest BCUT2D eigenvalue weighted by Crippen LogP contribution is -2.49. The summed E-state index contributed by atoms with van der Waals surface area (Å²) in [4.78, 5) is 33.7. The summed E-state index contributed by atoms with van der Waals surface area (Å²) < 4.78 is 14.4. The molecule has 2 amide bonds. The van der Waals surface area contributed by atoms with Crippen LogP contribution >= 0.6 is 0 Å². The summed E-state index contributed by atoms with van der Waals surface area (Å²) in [5.41, 5.74) is 3.20. The number of carbonyl (C=O) groups excluding carboxylic acids is 2. The average molecular weight is 439 g/mol. The standard InChI is InChI=1S/C25H31FN4O2/c1-17-6-5-9-22(27-17)24(31)28-23-15-21(26)14-20(18(23)2)16-29-10-12-30(13-11-29)25(32)19-7-3-4-8-19/h5-6,9,14-15,19H,3-4,7-8,10-13,16H2,1-2H3,(H,28,31). The molecule has 170 valence electrons. The quantitative estimate of drug-likeness (QED) is 0.768. The van der Waals surface area contributed by atoms with Crippen molar-refractivity contribution in [2.24, 2.45) is 5.92 Å². The molecule has 7 heteroatoms. The summed E-state index contributed by atoms with van der Waals surface area (Å²) in [7, 11) is 0. The maximum Gasteiger partial charge on any atom is 0.274 e. The second kappa shape index (κ2) is 9.77. The number of hydrogen-bond donors (Lipinski definition) is 1. The van der Waals surface area contributed by atoms with Crippen LogP contribution in [0.5, 0.6) is 0 Å². The van der Waals surface area contributed by atoms with E-state index in [9.17, 15) is 14.0 Å². The number of pyridine rings is 1. The third-order valence-electron chi connectivity index (χ3n) is 6.63. The van der Waals surface area contributed by atoms with Gasteiger partial charge in [-0.15, -0.1) is 0 Å². The first-order valence-electron chi connectivity index (χ1n) is 11.5. The Labute approximate surface area is 188 Å². The lowest BCUT2D eigenvalue weighted by molar-refractivity contribution is -0.137. The molecule has 4 rings (SSSR count). The number of hydrogen-bond acceptors (Lipinski definition) is 4. The molecule has 0 spiro atoms. The predicted molar refractivity (Wildman–Crippen MR) is 122 cm³/mol. The van der Waals surface area contributed by atoms with E-state index in [1.807, 2.05) is 24.8 Å². The van der Waals surface area contributed by atoms with Gasteiger partial charge in [-0.2, -0.15) is 0 Å². The SMILES string of the molecule is Cc1cccc(C(=O)Nc2cc(F)cc(CN3CCN(C(=O)C4CCCC4)CC3)c2C)n1. The Morgan fingerprint density at radius 1 is 1.09 bits per heavy atom. The van der Waals surface area contributed by atoms with Crippen LogP contribution in [-0.2, 0) is 11.3 Å². The molecular formula is C25H31FN4O2. The number of aromatic nitrogens is 1. The number of nitrogens with zero attached hydrogens (tertiary/aromatic N) is 3. The zero-order chi connectivity index (χ0) is 22.7. The smallest absolute Gasteiger partial charge is 0.274 e. The molecule has 1 aromatic carbocycles. The molecule has 1 aliphatic carbocycles. The molecule has 1 aliphatic heterocycles. The molecule has 0 bridgehead atoms. The van der Waals surface area contributed by atoms with Crippen molar-refractivity contribution in [3.05, 3.63) is 58.7 Å². The van der Waals surface area contributed by atoms with Crippen molar-refractivity contribution in [3.63, 3.8) is 0 Å². The van der Waals surface area contributed by atoms with Crippen molar-refractivity contribution in [2.75, 3.05) is 31.5 Å². The third kappa shape index (κ3) is 5.15. The molecule has 6 nitrogen and oxygen atoms in total. The summed E-state index contributed by atoms with van der Waals surface area (Å²) in [5.74, 6) is -0.222. The van der Waals surface area contributed by atoms with Gasteiger partial charge in [0, 0.05) is 50.0 Å². The molecule has 0 atom stereocenters. The van der Waals surface area contributed by atoms with Gasteiger partial charge in [0.15, 0.2) is 0 Å². The second-order valence-corrected chi connectivity index (χ2v) is 8.94. The number of aryl methyl sites for hydroxylation is 1. The number of nitrogens with one attached hydrogen (secondary N) is 1. The van der Waals surface area contributed by atoms with Gasteiger partial charge >= 0.3 is 0 Å². The van der Waals surface area contributed by atoms with Gasteiger partial charge in [0.25, 0.3) is 5.91 Å². The van der Waals surface area contributed by atoms with Crippen LogP contribution in [0.25, 0.3) is 0 Å². The van der Waals surface area contributed by atoms with Gasteiger partial charge < -0.3 is 10.2 Å². The van der Waals surface area contributed by atoms with E-state index in [0.717, 1.165) is 55.6 Å². The third-order valence-corrected chi connectivity index (χ3v) is 6.63. The molecule has 32 heavy (non-hydrogen) atoms. The second-order valence-electron chi connectivity index (χ2n) is 8.94. The number of carbonyl (C=O) groups is 2. The van der Waals surface area contributed by atoms with E-state index in [2.05, 4.69) is 15.2 Å². The van der Waals surface area contributed by atoms with Gasteiger partial charge in [-0.05, 0) is 62.1 Å². The predicted octanol–water partition coefficient (Wildman–Crippen LogP) is 3.92. The Bertz CT molecular complexity index is 995. The number of halogens is 1. The lowest BCUT2D eigenvalue weighted by Gasteiger charge is -2.36. The largest absolute Gasteiger partial charge is 0.340 e. The number of piperazine rings is 1. The fraction of sp³-hybridized carbons (Fsp3) is 0.480. The van der Waals surface area contributed by atoms with Crippen LogP contribution in [0.15, 0.2) is 30.3 Å². The Morgan fingerprint density at radius 2 is 1.81 bits per heavy atom. The van der Waals surface area contributed by atoms with Crippen molar-refractivity contribution in [3.8, 4) is 0 Å². The summed E-state index contributed by atoms with van der Waals surface area (Å²) in [6.45, 7) is 7.27. The van der Waals surface area contributed by atoms with Crippen LogP contribution in [0.1, 0.15) is 53.0 Å². The van der Waals surface area contributed by atoms with E-state index in [1.54, 1.807) is 12.1 Å². The van der Waals surface area contributed by atoms with Crippen LogP contribution in [0, 0.1) is 25.6 Å². The highest BCUT2D eigenvalue weighted by Crippen LogP contribution is 2.27. The monoisotopic (exact) mass is 438 g/mol. The van der Waals surface area contributed by atoms with Crippen LogP contribution in [-0.4, -0.2) is 52.8 Å². The van der Waals surface area contributed by atoms with Gasteiger partial charge in [0.05, 0.1) is 0 Å². The Hall–Kier alpha value is -2.80. The molecule has 1 saturated heterocycles. The number of amides is 2. The van der Waals surface area contributed by atoms with Crippen LogP contribution in [0.4, 0.5) is 10.1 Å². The van der Waals surface area contributed by atoms with Crippen molar-refractivity contribution >= 4 is 17.5 Å². The van der Waals surface area contributed by atoms with Crippen LogP contribution in [0.3, 0.4) is 0 Å². The molecule has 2 aromatic rings. The van der Waals surface area contributed by atoms with Crippen molar-refractivity contribution in [2.45, 2.75) is 46.1 Å². The fourth-order valence-corrected chi connectivity index (χ4v) is 4.68. The van der Waals surface area contributed by atoms with Crippen molar-refractivity contribution < 1.29 is 14.0 Å². The molecule has 0 unspecified atom stereocenters. The van der Waals surface area contributed by atoms with E-state index in [-0.39, 0.29) is 17.6 Å². The fourth-order valence-electron chi connectivity index (χ4n) is 4.68. The Balaban J connectivity index is 1.39. The minimum absolute atomic E-state index is 0.209. The lowest BCUT2D eigenvalue weighted by atomic mass is 10.0. The molecule has 0 radical (unpaired) electrons. The summed E-state index contributed by atoms with van der Waals surface area (Å²) in [5, 5.41) is 2.81. The van der Waals surface area contributed by atoms with Crippen LogP contribution < -0.4 is 5.32 Å². The zero-order valence-corrected chi connectivity index (χ0v) is 18.9. The normalized spacial score (nSPS) is 17.5. The van der Waals surface area contributed by atoms with Crippen molar-refractivity contribution in [1.82, 2.24) is 14.8 Å². The average Bonchev–Trinajstić information content (AvgIpc) is 3.32. The number of rotatable bonds is 5. The first-order chi connectivity index (χ1) is 15.4. The Kier molecular flexibility index (Phi) is 6.84. The molecule has 1 aromatic heterocycles. The van der Waals surface area contributed by atoms with Crippen molar-refractivity contribution in [1.29, 1.82) is 0 Å². The Morgan fingerprint density at radius 3 is 2.50 bits per heavy atom. The highest BCUT2D eigenvalue weighted by Gasteiger charge is 2.29. The number of benzene rings is 1. The zero-order valence-electron chi connectivity index (χ0n) is 18.9. The summed E-state index contributed by atoms with van der Waals surface area (Å²) in [6, 6.07) is 8.13. The van der Waals surface area contributed by atoms with E-state index < -0.39 is 0 Å². The molecule has 2 fully saturated rings. The topological polar surface area (TPSA) is 65.5 Å². The van der Waals surface area contributed by atoms with Gasteiger partial charge in [-0.25, -0.2) is 9.37 Å². The number of anilines is 1. The van der Waals surface area contributed by atoms with E-state index in [0.29, 0.717) is 36.9 Å². The van der Waals surface area contributed by atoms with Gasteiger partial charge in [0.1, 0.15) is 11.5 Å². The maximum atomic E-state index is 14.4. The molecule has 1 N–H and O–H groups in total. The van der Waals surface area contributed by atoms with E-state index in [1.165, 1.54) is 12.1 Å². The van der Waals surface area contributed by atoms with E-state index >= 15 is 0 Å². The van der Waals surface area contributed by atoms with Crippen LogP contribution in [0.2, 0.25) is 0 Å². The molecule has 2 heterocycles. The molecular weight excluding hydrogens is 407 g/mol. The van der Waals surface area contributed by atoms with Gasteiger partial charge in [-0.1, -0.05) is 18.9 Å². The first kappa shape index (κ1) is 22.4. The minimum Gasteiger partial charge on any atom is -0.340 e. The minimum atomic E-state index is -0.381. The first-order valence-corrected chi connectivity index (χ1v) is 11.5. The highest BCUT2D eigenvalue weighted by atomic mass is 19.1. The van der Waals surface area contributed by atoms with Gasteiger partial charge in [-0.3, -0.25) is 14.5 Å². The molecule has 1 saturated carbocycles. The van der Waals surface area contributed by atoms with Gasteiger partial charge in [0.2, 0.25) is 5.91 Å². The highest BCUT2D eigenvalue weighted by molar-refractivity contribution is 6.03. The molecule has 2 aliphatic rings.